The third kappa shape index (κ3) is 4.38. The molecule has 0 spiro atoms. The number of carbonyl (C=O) groups is 1. The van der Waals surface area contributed by atoms with Gasteiger partial charge >= 0.3 is 0 Å². The van der Waals surface area contributed by atoms with Crippen molar-refractivity contribution < 1.29 is 9.18 Å². The molecule has 5 rings (SSSR count). The number of fused-ring (bicyclic) bond motifs is 1. The first-order chi connectivity index (χ1) is 17.4. The topological polar surface area (TPSA) is 83.1 Å². The van der Waals surface area contributed by atoms with Crippen molar-refractivity contribution in [2.45, 2.75) is 20.3 Å². The van der Waals surface area contributed by atoms with Crippen molar-refractivity contribution in [2.24, 2.45) is 0 Å². The standard InChI is InChI=1S/C29H24FN5O/c1-3-25(31)19-6-4-7-22(15-19)34-29(36)26-16-33-27-12-10-21(17-35(26)27)23-8-5-13-32-28(23)20-9-11-24(30)18(2)14-20/h4-17,31H,3H2,1-2H3,(H,34,36). The van der Waals surface area contributed by atoms with E-state index in [1.165, 1.54) is 6.07 Å². The number of pyridine rings is 2. The molecule has 178 valence electrons. The SMILES string of the molecule is CCC(=N)c1cccc(NC(=O)c2cnc3ccc(-c4cccnc4-c4ccc(F)c(C)c4)cn23)c1. The zero-order chi connectivity index (χ0) is 25.2. The van der Waals surface area contributed by atoms with E-state index in [0.29, 0.717) is 34.7 Å². The smallest absolute Gasteiger partial charge is 0.274 e. The molecule has 1 amide bonds. The highest BCUT2D eigenvalue weighted by Gasteiger charge is 2.16. The summed E-state index contributed by atoms with van der Waals surface area (Å²) in [4.78, 5) is 22.1. The number of carbonyl (C=O) groups excluding carboxylic acids is 1. The number of hydrogen-bond acceptors (Lipinski definition) is 4. The molecule has 0 aliphatic carbocycles. The number of nitrogens with one attached hydrogen (secondary N) is 2. The summed E-state index contributed by atoms with van der Waals surface area (Å²) in [6.45, 7) is 3.65. The minimum absolute atomic E-state index is 0.260. The second-order valence-corrected chi connectivity index (χ2v) is 8.52. The van der Waals surface area contributed by atoms with Gasteiger partial charge in [0.05, 0.1) is 11.9 Å². The van der Waals surface area contributed by atoms with Gasteiger partial charge in [-0.3, -0.25) is 14.2 Å². The molecule has 36 heavy (non-hydrogen) atoms. The van der Waals surface area contributed by atoms with Gasteiger partial charge in [-0.05, 0) is 73.0 Å². The Kier molecular flexibility index (Phi) is 6.12. The molecular formula is C29H24FN5O. The lowest BCUT2D eigenvalue weighted by molar-refractivity contribution is 0.102. The van der Waals surface area contributed by atoms with Gasteiger partial charge in [-0.2, -0.15) is 0 Å². The summed E-state index contributed by atoms with van der Waals surface area (Å²) >= 11 is 0. The number of imidazole rings is 1. The Bertz CT molecular complexity index is 1620. The molecule has 6 nitrogen and oxygen atoms in total. The molecule has 0 saturated heterocycles. The fourth-order valence-corrected chi connectivity index (χ4v) is 4.15. The van der Waals surface area contributed by atoms with Gasteiger partial charge in [0.15, 0.2) is 0 Å². The summed E-state index contributed by atoms with van der Waals surface area (Å²) in [5.74, 6) is -0.566. The maximum atomic E-state index is 13.9. The van der Waals surface area contributed by atoms with E-state index in [4.69, 9.17) is 5.41 Å². The normalized spacial score (nSPS) is 11.0. The number of benzene rings is 2. The lowest BCUT2D eigenvalue weighted by Crippen LogP contribution is -2.14. The summed E-state index contributed by atoms with van der Waals surface area (Å²) < 4.78 is 15.6. The molecule has 3 aromatic heterocycles. The first-order valence-corrected chi connectivity index (χ1v) is 11.6. The molecule has 0 radical (unpaired) electrons. The Hall–Kier alpha value is -4.65. The molecule has 0 bridgehead atoms. The first kappa shape index (κ1) is 23.1. The summed E-state index contributed by atoms with van der Waals surface area (Å²) in [6.07, 6.45) is 5.72. The average molecular weight is 478 g/mol. The Morgan fingerprint density at radius 1 is 1.03 bits per heavy atom. The fraction of sp³-hybridized carbons (Fsp3) is 0.103. The van der Waals surface area contributed by atoms with Crippen molar-refractivity contribution in [3.8, 4) is 22.4 Å². The van der Waals surface area contributed by atoms with Crippen LogP contribution in [0.4, 0.5) is 10.1 Å². The maximum absolute atomic E-state index is 13.9. The van der Waals surface area contributed by atoms with E-state index in [-0.39, 0.29) is 11.7 Å². The predicted octanol–water partition coefficient (Wildman–Crippen LogP) is 6.54. The van der Waals surface area contributed by atoms with Crippen LogP contribution in [0.1, 0.15) is 35.0 Å². The Labute approximate surface area is 208 Å². The molecule has 0 aliphatic rings. The molecule has 2 N–H and O–H groups in total. The van der Waals surface area contributed by atoms with Crippen LogP contribution >= 0.6 is 0 Å². The molecule has 3 heterocycles. The zero-order valence-electron chi connectivity index (χ0n) is 19.9. The zero-order valence-corrected chi connectivity index (χ0v) is 19.9. The summed E-state index contributed by atoms with van der Waals surface area (Å²) in [7, 11) is 0. The van der Waals surface area contributed by atoms with Crippen LogP contribution < -0.4 is 5.32 Å². The van der Waals surface area contributed by atoms with Gasteiger partial charge in [-0.15, -0.1) is 0 Å². The van der Waals surface area contributed by atoms with Gasteiger partial charge in [-0.25, -0.2) is 9.37 Å². The summed E-state index contributed by atoms with van der Waals surface area (Å²) in [6, 6.07) is 19.8. The average Bonchev–Trinajstić information content (AvgIpc) is 3.33. The molecule has 0 fully saturated rings. The van der Waals surface area contributed by atoms with Crippen LogP contribution in [0.5, 0.6) is 0 Å². The van der Waals surface area contributed by atoms with E-state index in [2.05, 4.69) is 15.3 Å². The van der Waals surface area contributed by atoms with Crippen LogP contribution in [0.3, 0.4) is 0 Å². The molecular weight excluding hydrogens is 453 g/mol. The van der Waals surface area contributed by atoms with Gasteiger partial charge < -0.3 is 10.7 Å². The molecule has 0 atom stereocenters. The van der Waals surface area contributed by atoms with Gasteiger partial charge in [0, 0.05) is 40.5 Å². The van der Waals surface area contributed by atoms with Crippen LogP contribution in [0.2, 0.25) is 0 Å². The highest BCUT2D eigenvalue weighted by molar-refractivity contribution is 6.05. The second-order valence-electron chi connectivity index (χ2n) is 8.52. The van der Waals surface area contributed by atoms with Crippen molar-refractivity contribution in [3.63, 3.8) is 0 Å². The Morgan fingerprint density at radius 3 is 2.67 bits per heavy atom. The fourth-order valence-electron chi connectivity index (χ4n) is 4.15. The number of amides is 1. The van der Waals surface area contributed by atoms with Crippen LogP contribution in [0.15, 0.2) is 85.3 Å². The summed E-state index contributed by atoms with van der Waals surface area (Å²) in [5.41, 5.74) is 6.69. The largest absolute Gasteiger partial charge is 0.321 e. The highest BCUT2D eigenvalue weighted by atomic mass is 19.1. The molecule has 0 unspecified atom stereocenters. The molecule has 0 saturated carbocycles. The van der Waals surface area contributed by atoms with E-state index in [1.807, 2.05) is 49.5 Å². The van der Waals surface area contributed by atoms with Crippen LogP contribution in [-0.2, 0) is 0 Å². The van der Waals surface area contributed by atoms with Crippen LogP contribution in [-0.4, -0.2) is 26.0 Å². The van der Waals surface area contributed by atoms with Gasteiger partial charge in [0.25, 0.3) is 5.91 Å². The molecule has 2 aromatic carbocycles. The van der Waals surface area contributed by atoms with E-state index in [0.717, 1.165) is 27.9 Å². The summed E-state index contributed by atoms with van der Waals surface area (Å²) in [5, 5.41) is 11.0. The van der Waals surface area contributed by atoms with Crippen molar-refractivity contribution in [3.05, 3.63) is 108 Å². The molecule has 0 aliphatic heterocycles. The monoisotopic (exact) mass is 477 g/mol. The third-order valence-electron chi connectivity index (χ3n) is 6.11. The number of aromatic nitrogens is 3. The van der Waals surface area contributed by atoms with Gasteiger partial charge in [0.2, 0.25) is 0 Å². The third-order valence-corrected chi connectivity index (χ3v) is 6.11. The number of hydrogen-bond donors (Lipinski definition) is 2. The van der Waals surface area contributed by atoms with Crippen LogP contribution in [0, 0.1) is 18.2 Å². The van der Waals surface area contributed by atoms with E-state index >= 15 is 0 Å². The predicted molar refractivity (Wildman–Crippen MR) is 140 cm³/mol. The number of nitrogens with zero attached hydrogens (tertiary/aromatic N) is 3. The van der Waals surface area contributed by atoms with Crippen molar-refractivity contribution >= 4 is 23.0 Å². The van der Waals surface area contributed by atoms with E-state index < -0.39 is 0 Å². The molecule has 7 heteroatoms. The first-order valence-electron chi connectivity index (χ1n) is 11.6. The van der Waals surface area contributed by atoms with E-state index in [1.54, 1.807) is 48.0 Å². The maximum Gasteiger partial charge on any atom is 0.274 e. The Morgan fingerprint density at radius 2 is 1.86 bits per heavy atom. The number of aryl methyl sites for hydroxylation is 1. The second kappa shape index (κ2) is 9.54. The van der Waals surface area contributed by atoms with E-state index in [9.17, 15) is 9.18 Å². The number of anilines is 1. The minimum Gasteiger partial charge on any atom is -0.321 e. The van der Waals surface area contributed by atoms with Gasteiger partial charge in [0.1, 0.15) is 17.2 Å². The number of halogens is 1. The number of rotatable bonds is 6. The van der Waals surface area contributed by atoms with Crippen molar-refractivity contribution in [1.82, 2.24) is 14.4 Å². The Balaban J connectivity index is 1.51. The quantitative estimate of drug-likeness (QED) is 0.272. The van der Waals surface area contributed by atoms with Crippen molar-refractivity contribution in [2.75, 3.05) is 5.32 Å². The van der Waals surface area contributed by atoms with Crippen LogP contribution in [0.25, 0.3) is 28.0 Å². The molecule has 5 aromatic rings. The van der Waals surface area contributed by atoms with Crippen molar-refractivity contribution in [1.29, 1.82) is 5.41 Å². The highest BCUT2D eigenvalue weighted by Crippen LogP contribution is 2.31. The lowest BCUT2D eigenvalue weighted by atomic mass is 9.99. The minimum atomic E-state index is -0.305. The lowest BCUT2D eigenvalue weighted by Gasteiger charge is -2.11. The van der Waals surface area contributed by atoms with Gasteiger partial charge in [-0.1, -0.05) is 25.1 Å².